The smallest absolute Gasteiger partial charge is 0.222 e. The zero-order valence-electron chi connectivity index (χ0n) is 32.1. The van der Waals surface area contributed by atoms with E-state index in [1.807, 2.05) is 6.08 Å². The van der Waals surface area contributed by atoms with Crippen LogP contribution in [0.25, 0.3) is 0 Å². The molecule has 0 saturated heterocycles. The summed E-state index contributed by atoms with van der Waals surface area (Å²) in [6.07, 6.45) is 46.0. The molecule has 0 aromatic carbocycles. The van der Waals surface area contributed by atoms with Crippen molar-refractivity contribution in [2.24, 2.45) is 0 Å². The molecule has 0 heterocycles. The average Bonchev–Trinajstić information content (AvgIpc) is 3.08. The summed E-state index contributed by atoms with van der Waals surface area (Å²) in [5.74, 6) is -0.324. The standard InChI is InChI=1S/C43H83NO4/c1-3-5-7-9-11-13-15-17-19-20-21-22-23-25-27-29-31-33-35-37-42(47)41(39-45)44-43(48)38-40(46)36-34-32-30-28-26-24-18-16-14-12-10-8-6-4-2/h24,26,35,37,40-42,45-47H,3-23,25,27-34,36,38-39H2,1-2H3,(H,44,48)/b26-24-,37-35+. The molecule has 48 heavy (non-hydrogen) atoms. The Balaban J connectivity index is 3.69. The monoisotopic (exact) mass is 678 g/mol. The van der Waals surface area contributed by atoms with Crippen molar-refractivity contribution >= 4 is 5.91 Å². The van der Waals surface area contributed by atoms with Gasteiger partial charge >= 0.3 is 0 Å². The number of allylic oxidation sites excluding steroid dienone is 3. The highest BCUT2D eigenvalue weighted by Crippen LogP contribution is 2.15. The third kappa shape index (κ3) is 34.7. The molecule has 5 heteroatoms. The second-order valence-corrected chi connectivity index (χ2v) is 14.6. The van der Waals surface area contributed by atoms with Crippen LogP contribution in [-0.4, -0.2) is 46.1 Å². The van der Waals surface area contributed by atoms with Gasteiger partial charge in [-0.2, -0.15) is 0 Å². The third-order valence-electron chi connectivity index (χ3n) is 9.73. The summed E-state index contributed by atoms with van der Waals surface area (Å²) < 4.78 is 0. The molecule has 0 spiro atoms. The number of rotatable bonds is 38. The minimum absolute atomic E-state index is 0.00450. The molecule has 0 aliphatic carbocycles. The number of carbonyl (C=O) groups is 1. The van der Waals surface area contributed by atoms with Crippen LogP contribution >= 0.6 is 0 Å². The maximum atomic E-state index is 12.4. The van der Waals surface area contributed by atoms with E-state index in [0.717, 1.165) is 38.5 Å². The number of amides is 1. The number of aliphatic hydroxyl groups excluding tert-OH is 3. The van der Waals surface area contributed by atoms with Crippen LogP contribution < -0.4 is 5.32 Å². The molecule has 0 fully saturated rings. The SMILES string of the molecule is CCCCCCCCC/C=C\CCCCCC(O)CC(=O)NC(CO)C(O)/C=C/CCCCCCCCCCCCCCCCCCC. The van der Waals surface area contributed by atoms with Gasteiger partial charge in [-0.15, -0.1) is 0 Å². The Morgan fingerprint density at radius 3 is 1.27 bits per heavy atom. The average molecular weight is 678 g/mol. The molecule has 3 atom stereocenters. The molecule has 0 rings (SSSR count). The Labute approximate surface area is 299 Å². The van der Waals surface area contributed by atoms with Crippen LogP contribution in [0.3, 0.4) is 0 Å². The highest BCUT2D eigenvalue weighted by Gasteiger charge is 2.20. The minimum Gasteiger partial charge on any atom is -0.394 e. The molecular formula is C43H83NO4. The predicted molar refractivity (Wildman–Crippen MR) is 208 cm³/mol. The summed E-state index contributed by atoms with van der Waals surface area (Å²) in [7, 11) is 0. The predicted octanol–water partition coefficient (Wildman–Crippen LogP) is 11.8. The van der Waals surface area contributed by atoms with Gasteiger partial charge in [0.15, 0.2) is 0 Å². The lowest BCUT2D eigenvalue weighted by Crippen LogP contribution is -2.45. The lowest BCUT2D eigenvalue weighted by molar-refractivity contribution is -0.124. The van der Waals surface area contributed by atoms with E-state index in [2.05, 4.69) is 31.3 Å². The van der Waals surface area contributed by atoms with Crippen molar-refractivity contribution < 1.29 is 20.1 Å². The number of nitrogens with one attached hydrogen (secondary N) is 1. The fourth-order valence-corrected chi connectivity index (χ4v) is 6.45. The van der Waals surface area contributed by atoms with Crippen molar-refractivity contribution in [3.8, 4) is 0 Å². The van der Waals surface area contributed by atoms with Crippen molar-refractivity contribution in [2.75, 3.05) is 6.61 Å². The summed E-state index contributed by atoms with van der Waals surface area (Å²) in [5.41, 5.74) is 0. The van der Waals surface area contributed by atoms with E-state index in [1.54, 1.807) is 6.08 Å². The summed E-state index contributed by atoms with van der Waals surface area (Å²) in [6, 6.07) is -0.746. The van der Waals surface area contributed by atoms with Crippen molar-refractivity contribution in [2.45, 2.75) is 238 Å². The van der Waals surface area contributed by atoms with E-state index in [9.17, 15) is 20.1 Å². The van der Waals surface area contributed by atoms with E-state index in [0.29, 0.717) is 6.42 Å². The summed E-state index contributed by atoms with van der Waals surface area (Å²) >= 11 is 0. The Bertz CT molecular complexity index is 709. The second-order valence-electron chi connectivity index (χ2n) is 14.6. The zero-order valence-corrected chi connectivity index (χ0v) is 32.1. The zero-order chi connectivity index (χ0) is 35.2. The van der Waals surface area contributed by atoms with E-state index in [-0.39, 0.29) is 18.9 Å². The van der Waals surface area contributed by atoms with Crippen molar-refractivity contribution in [3.05, 3.63) is 24.3 Å². The van der Waals surface area contributed by atoms with Gasteiger partial charge in [-0.3, -0.25) is 4.79 Å². The van der Waals surface area contributed by atoms with Gasteiger partial charge in [0.25, 0.3) is 0 Å². The molecule has 4 N–H and O–H groups in total. The molecule has 0 aromatic heterocycles. The summed E-state index contributed by atoms with van der Waals surface area (Å²) in [5, 5.41) is 33.2. The van der Waals surface area contributed by atoms with Gasteiger partial charge in [0.1, 0.15) is 0 Å². The number of hydrogen-bond acceptors (Lipinski definition) is 4. The molecule has 0 saturated carbocycles. The van der Waals surface area contributed by atoms with Crippen LogP contribution in [0.5, 0.6) is 0 Å². The first-order valence-corrected chi connectivity index (χ1v) is 21.1. The first-order valence-electron chi connectivity index (χ1n) is 21.1. The van der Waals surface area contributed by atoms with Crippen LogP contribution in [0, 0.1) is 0 Å². The molecule has 3 unspecified atom stereocenters. The maximum Gasteiger partial charge on any atom is 0.222 e. The molecule has 5 nitrogen and oxygen atoms in total. The molecule has 0 aromatic rings. The van der Waals surface area contributed by atoms with Crippen LogP contribution in [-0.2, 0) is 4.79 Å². The summed E-state index contributed by atoms with van der Waals surface area (Å²) in [4.78, 5) is 12.4. The molecule has 0 aliphatic heterocycles. The van der Waals surface area contributed by atoms with Crippen LogP contribution in [0.4, 0.5) is 0 Å². The first kappa shape index (κ1) is 46.8. The Hall–Kier alpha value is -1.17. The topological polar surface area (TPSA) is 89.8 Å². The van der Waals surface area contributed by atoms with Crippen LogP contribution in [0.2, 0.25) is 0 Å². The second kappa shape index (κ2) is 38.6. The fourth-order valence-electron chi connectivity index (χ4n) is 6.45. The first-order chi connectivity index (χ1) is 23.5. The Kier molecular flexibility index (Phi) is 37.7. The van der Waals surface area contributed by atoms with Gasteiger partial charge < -0.3 is 20.6 Å². The molecule has 0 radical (unpaired) electrons. The molecule has 0 aliphatic rings. The van der Waals surface area contributed by atoms with E-state index in [1.165, 1.54) is 154 Å². The maximum absolute atomic E-state index is 12.4. The minimum atomic E-state index is -0.930. The Morgan fingerprint density at radius 2 is 0.875 bits per heavy atom. The number of hydrogen-bond donors (Lipinski definition) is 4. The quantitative estimate of drug-likeness (QED) is 0.0387. The van der Waals surface area contributed by atoms with Gasteiger partial charge in [-0.1, -0.05) is 192 Å². The van der Waals surface area contributed by atoms with Crippen molar-refractivity contribution in [1.29, 1.82) is 0 Å². The van der Waals surface area contributed by atoms with Gasteiger partial charge in [0, 0.05) is 0 Å². The molecular weight excluding hydrogens is 594 g/mol. The van der Waals surface area contributed by atoms with Gasteiger partial charge in [0.05, 0.1) is 31.3 Å². The van der Waals surface area contributed by atoms with Crippen molar-refractivity contribution in [3.63, 3.8) is 0 Å². The van der Waals surface area contributed by atoms with E-state index >= 15 is 0 Å². The van der Waals surface area contributed by atoms with Crippen LogP contribution in [0.1, 0.15) is 219 Å². The normalized spacial score (nSPS) is 13.9. The molecule has 1 amide bonds. The number of unbranched alkanes of at least 4 members (excludes halogenated alkanes) is 27. The fraction of sp³-hybridized carbons (Fsp3) is 0.884. The van der Waals surface area contributed by atoms with Crippen molar-refractivity contribution in [1.82, 2.24) is 5.32 Å². The lowest BCUT2D eigenvalue weighted by Gasteiger charge is -2.21. The van der Waals surface area contributed by atoms with E-state index in [4.69, 9.17) is 0 Å². The molecule has 0 bridgehead atoms. The summed E-state index contributed by atoms with van der Waals surface area (Å²) in [6.45, 7) is 4.21. The van der Waals surface area contributed by atoms with Gasteiger partial charge in [0.2, 0.25) is 5.91 Å². The largest absolute Gasteiger partial charge is 0.394 e. The van der Waals surface area contributed by atoms with Gasteiger partial charge in [-0.05, 0) is 44.9 Å². The lowest BCUT2D eigenvalue weighted by atomic mass is 10.0. The van der Waals surface area contributed by atoms with Gasteiger partial charge in [-0.25, -0.2) is 0 Å². The highest BCUT2D eigenvalue weighted by atomic mass is 16.3. The third-order valence-corrected chi connectivity index (χ3v) is 9.73. The number of aliphatic hydroxyl groups is 3. The Morgan fingerprint density at radius 1 is 0.521 bits per heavy atom. The highest BCUT2D eigenvalue weighted by molar-refractivity contribution is 5.76. The number of carbonyl (C=O) groups excluding carboxylic acids is 1. The van der Waals surface area contributed by atoms with Crippen LogP contribution in [0.15, 0.2) is 24.3 Å². The van der Waals surface area contributed by atoms with E-state index < -0.39 is 18.2 Å². The molecule has 284 valence electrons.